The summed E-state index contributed by atoms with van der Waals surface area (Å²) >= 11 is 1.32. The van der Waals surface area contributed by atoms with Gasteiger partial charge in [0.25, 0.3) is 0 Å². The SMILES string of the molecule is CNC(c1csc(C)c1)c1c(F)c(F)c(F)c(F)c1F. The molecule has 7 heteroatoms. The zero-order valence-electron chi connectivity index (χ0n) is 10.5. The molecule has 0 amide bonds. The van der Waals surface area contributed by atoms with Crippen LogP contribution in [0.5, 0.6) is 0 Å². The highest BCUT2D eigenvalue weighted by Gasteiger charge is 2.30. The van der Waals surface area contributed by atoms with E-state index in [2.05, 4.69) is 5.32 Å². The van der Waals surface area contributed by atoms with E-state index in [9.17, 15) is 22.0 Å². The Labute approximate surface area is 116 Å². The molecule has 2 rings (SSSR count). The summed E-state index contributed by atoms with van der Waals surface area (Å²) in [6.07, 6.45) is 0. The van der Waals surface area contributed by atoms with Crippen LogP contribution in [0.3, 0.4) is 0 Å². The number of aryl methyl sites for hydroxylation is 1. The fourth-order valence-electron chi connectivity index (χ4n) is 1.97. The minimum atomic E-state index is -2.15. The van der Waals surface area contributed by atoms with Gasteiger partial charge in [-0.3, -0.25) is 0 Å². The first-order chi connectivity index (χ1) is 9.38. The summed E-state index contributed by atoms with van der Waals surface area (Å²) in [7, 11) is 1.38. The summed E-state index contributed by atoms with van der Waals surface area (Å²) < 4.78 is 67.0. The third-order valence-electron chi connectivity index (χ3n) is 2.91. The van der Waals surface area contributed by atoms with Crippen LogP contribution < -0.4 is 5.32 Å². The molecule has 2 aromatic rings. The second-order valence-corrected chi connectivity index (χ2v) is 5.31. The second-order valence-electron chi connectivity index (χ2n) is 4.20. The van der Waals surface area contributed by atoms with Crippen LogP contribution in [-0.2, 0) is 0 Å². The number of hydrogen-bond acceptors (Lipinski definition) is 2. The molecule has 0 bridgehead atoms. The molecule has 1 N–H and O–H groups in total. The largest absolute Gasteiger partial charge is 0.309 e. The van der Waals surface area contributed by atoms with E-state index in [4.69, 9.17) is 0 Å². The Morgan fingerprint density at radius 3 is 1.85 bits per heavy atom. The number of rotatable bonds is 3. The van der Waals surface area contributed by atoms with Crippen molar-refractivity contribution < 1.29 is 22.0 Å². The monoisotopic (exact) mass is 307 g/mol. The van der Waals surface area contributed by atoms with E-state index in [1.165, 1.54) is 18.4 Å². The minimum absolute atomic E-state index is 0.443. The summed E-state index contributed by atoms with van der Waals surface area (Å²) in [6.45, 7) is 1.78. The lowest BCUT2D eigenvalue weighted by Gasteiger charge is -2.18. The molecule has 0 saturated heterocycles. The fraction of sp³-hybridized carbons (Fsp3) is 0.231. The molecule has 108 valence electrons. The lowest BCUT2D eigenvalue weighted by Crippen LogP contribution is -2.22. The fourth-order valence-corrected chi connectivity index (χ4v) is 2.70. The van der Waals surface area contributed by atoms with Crippen molar-refractivity contribution in [3.8, 4) is 0 Å². The minimum Gasteiger partial charge on any atom is -0.309 e. The van der Waals surface area contributed by atoms with Crippen LogP contribution >= 0.6 is 11.3 Å². The van der Waals surface area contributed by atoms with Crippen LogP contribution in [0, 0.1) is 36.0 Å². The van der Waals surface area contributed by atoms with Gasteiger partial charge in [-0.2, -0.15) is 0 Å². The zero-order valence-corrected chi connectivity index (χ0v) is 11.3. The van der Waals surface area contributed by atoms with E-state index < -0.39 is 40.7 Å². The summed E-state index contributed by atoms with van der Waals surface area (Å²) in [5.41, 5.74) is -0.431. The predicted octanol–water partition coefficient (Wildman–Crippen LogP) is 4.06. The lowest BCUT2D eigenvalue weighted by atomic mass is 9.99. The van der Waals surface area contributed by atoms with Gasteiger partial charge in [-0.15, -0.1) is 11.3 Å². The molecule has 0 saturated carbocycles. The van der Waals surface area contributed by atoms with Crippen LogP contribution in [0.25, 0.3) is 0 Å². The van der Waals surface area contributed by atoms with Gasteiger partial charge in [-0.05, 0) is 31.0 Å². The molecule has 1 nitrogen and oxygen atoms in total. The van der Waals surface area contributed by atoms with Crippen molar-refractivity contribution in [3.05, 3.63) is 56.5 Å². The van der Waals surface area contributed by atoms with Crippen molar-refractivity contribution in [2.75, 3.05) is 7.05 Å². The molecular formula is C13H10F5NS. The number of nitrogens with one attached hydrogen (secondary N) is 1. The Morgan fingerprint density at radius 1 is 0.950 bits per heavy atom. The maximum absolute atomic E-state index is 13.8. The summed E-state index contributed by atoms with van der Waals surface area (Å²) in [4.78, 5) is 0.865. The number of halogens is 5. The quantitative estimate of drug-likeness (QED) is 0.512. The average Bonchev–Trinajstić information content (AvgIpc) is 2.85. The number of thiophene rings is 1. The first-order valence-corrected chi connectivity index (χ1v) is 6.50. The van der Waals surface area contributed by atoms with Gasteiger partial charge < -0.3 is 5.32 Å². The molecular weight excluding hydrogens is 297 g/mol. The molecule has 0 spiro atoms. The van der Waals surface area contributed by atoms with Gasteiger partial charge in [-0.25, -0.2) is 22.0 Å². The topological polar surface area (TPSA) is 12.0 Å². The summed E-state index contributed by atoms with van der Waals surface area (Å²) in [6, 6.07) is 0.522. The smallest absolute Gasteiger partial charge is 0.200 e. The molecule has 1 unspecified atom stereocenters. The van der Waals surface area contributed by atoms with Crippen LogP contribution in [0.2, 0.25) is 0 Å². The van der Waals surface area contributed by atoms with Crippen LogP contribution in [0.15, 0.2) is 11.4 Å². The van der Waals surface area contributed by atoms with Crippen molar-refractivity contribution in [2.24, 2.45) is 0 Å². The first-order valence-electron chi connectivity index (χ1n) is 5.62. The standard InChI is InChI=1S/C13H10F5NS/c1-5-3-6(4-20-5)13(19-2)7-8(14)10(16)12(18)11(17)9(7)15/h3-4,13,19H,1-2H3. The number of hydrogen-bond donors (Lipinski definition) is 1. The van der Waals surface area contributed by atoms with E-state index in [1.807, 2.05) is 0 Å². The van der Waals surface area contributed by atoms with Crippen molar-refractivity contribution in [1.82, 2.24) is 5.32 Å². The maximum Gasteiger partial charge on any atom is 0.200 e. The normalized spacial score (nSPS) is 12.8. The Bertz CT molecular complexity index is 623. The van der Waals surface area contributed by atoms with Crippen LogP contribution in [0.1, 0.15) is 22.0 Å². The molecule has 0 aliphatic rings. The van der Waals surface area contributed by atoms with Crippen LogP contribution in [0.4, 0.5) is 22.0 Å². The highest BCUT2D eigenvalue weighted by Crippen LogP contribution is 2.32. The Balaban J connectivity index is 2.67. The molecule has 0 aliphatic heterocycles. The van der Waals surface area contributed by atoms with Crippen molar-refractivity contribution >= 4 is 11.3 Å². The molecule has 0 aliphatic carbocycles. The number of benzene rings is 1. The van der Waals surface area contributed by atoms with Gasteiger partial charge in [0.2, 0.25) is 5.82 Å². The zero-order chi connectivity index (χ0) is 15.0. The highest BCUT2D eigenvalue weighted by atomic mass is 32.1. The Morgan fingerprint density at radius 2 is 1.45 bits per heavy atom. The first kappa shape index (κ1) is 14.9. The predicted molar refractivity (Wildman–Crippen MR) is 66.2 cm³/mol. The summed E-state index contributed by atoms with van der Waals surface area (Å²) in [5.74, 6) is -9.66. The Hall–Kier alpha value is -1.47. The molecule has 20 heavy (non-hydrogen) atoms. The highest BCUT2D eigenvalue weighted by molar-refractivity contribution is 7.10. The van der Waals surface area contributed by atoms with Gasteiger partial charge in [0.1, 0.15) is 0 Å². The van der Waals surface area contributed by atoms with E-state index >= 15 is 0 Å². The van der Waals surface area contributed by atoms with E-state index in [0.717, 1.165) is 4.88 Å². The van der Waals surface area contributed by atoms with Gasteiger partial charge in [0, 0.05) is 4.88 Å². The third-order valence-corrected chi connectivity index (χ3v) is 3.78. The van der Waals surface area contributed by atoms with Crippen molar-refractivity contribution in [2.45, 2.75) is 13.0 Å². The maximum atomic E-state index is 13.8. The molecule has 1 aromatic heterocycles. The second kappa shape index (κ2) is 5.49. The van der Waals surface area contributed by atoms with E-state index in [-0.39, 0.29) is 0 Å². The third kappa shape index (κ3) is 2.31. The van der Waals surface area contributed by atoms with Crippen molar-refractivity contribution in [1.29, 1.82) is 0 Å². The van der Waals surface area contributed by atoms with Gasteiger partial charge in [0.15, 0.2) is 23.3 Å². The van der Waals surface area contributed by atoms with Crippen molar-refractivity contribution in [3.63, 3.8) is 0 Å². The Kier molecular flexibility index (Phi) is 4.10. The van der Waals surface area contributed by atoms with Gasteiger partial charge >= 0.3 is 0 Å². The average molecular weight is 307 g/mol. The molecule has 1 aromatic carbocycles. The van der Waals surface area contributed by atoms with E-state index in [1.54, 1.807) is 18.4 Å². The van der Waals surface area contributed by atoms with E-state index in [0.29, 0.717) is 5.56 Å². The molecule has 0 fully saturated rings. The molecule has 1 heterocycles. The molecule has 1 atom stereocenters. The van der Waals surface area contributed by atoms with Crippen LogP contribution in [-0.4, -0.2) is 7.05 Å². The summed E-state index contributed by atoms with van der Waals surface area (Å²) in [5, 5.41) is 4.18. The van der Waals surface area contributed by atoms with Gasteiger partial charge in [0.05, 0.1) is 11.6 Å². The molecule has 0 radical (unpaired) electrons. The lowest BCUT2D eigenvalue weighted by molar-refractivity contribution is 0.364. The van der Waals surface area contributed by atoms with Gasteiger partial charge in [-0.1, -0.05) is 0 Å².